The molecule has 2 unspecified atom stereocenters. The molecule has 0 radical (unpaired) electrons. The van der Waals surface area contributed by atoms with Crippen molar-refractivity contribution in [2.24, 2.45) is 0 Å². The molecular weight excluding hydrogens is 289 g/mol. The van der Waals surface area contributed by atoms with Crippen molar-refractivity contribution in [2.75, 3.05) is 11.9 Å². The standard InChI is InChI=1S/C11H15BrClN3/c1-16(10-5-3-2-4-9(10)13)11-14-6-8(12)7-15-11/h6-7,9-10H,2-5H2,1H3. The third-order valence-electron chi connectivity index (χ3n) is 3.07. The topological polar surface area (TPSA) is 29.0 Å². The highest BCUT2D eigenvalue weighted by atomic mass is 79.9. The molecule has 0 saturated heterocycles. The molecular formula is C11H15BrClN3. The Morgan fingerprint density at radius 1 is 1.31 bits per heavy atom. The highest BCUT2D eigenvalue weighted by molar-refractivity contribution is 9.10. The number of anilines is 1. The fourth-order valence-corrected chi connectivity index (χ4v) is 2.79. The summed E-state index contributed by atoms with van der Waals surface area (Å²) in [5.74, 6) is 0.751. The number of hydrogen-bond acceptors (Lipinski definition) is 3. The maximum atomic E-state index is 6.35. The second kappa shape index (κ2) is 5.32. The van der Waals surface area contributed by atoms with Gasteiger partial charge in [0.25, 0.3) is 0 Å². The third-order valence-corrected chi connectivity index (χ3v) is 3.99. The first-order chi connectivity index (χ1) is 7.68. The van der Waals surface area contributed by atoms with E-state index in [0.717, 1.165) is 23.3 Å². The van der Waals surface area contributed by atoms with E-state index in [9.17, 15) is 0 Å². The number of nitrogens with zero attached hydrogens (tertiary/aromatic N) is 3. The first-order valence-electron chi connectivity index (χ1n) is 5.53. The fourth-order valence-electron chi connectivity index (χ4n) is 2.14. The molecule has 1 aromatic rings. The van der Waals surface area contributed by atoms with Crippen LogP contribution in [-0.2, 0) is 0 Å². The number of halogens is 2. The minimum atomic E-state index is 0.214. The summed E-state index contributed by atoms with van der Waals surface area (Å²) >= 11 is 9.69. The quantitative estimate of drug-likeness (QED) is 0.786. The van der Waals surface area contributed by atoms with Gasteiger partial charge in [0.05, 0.1) is 9.85 Å². The molecule has 1 aliphatic carbocycles. The summed E-state index contributed by atoms with van der Waals surface area (Å²) in [4.78, 5) is 10.7. The van der Waals surface area contributed by atoms with Crippen LogP contribution in [0.2, 0.25) is 0 Å². The van der Waals surface area contributed by atoms with E-state index in [0.29, 0.717) is 6.04 Å². The lowest BCUT2D eigenvalue weighted by Crippen LogP contribution is -2.41. The molecule has 2 rings (SSSR count). The molecule has 0 N–H and O–H groups in total. The van der Waals surface area contributed by atoms with E-state index in [2.05, 4.69) is 30.8 Å². The maximum Gasteiger partial charge on any atom is 0.225 e. The normalized spacial score (nSPS) is 25.4. The lowest BCUT2D eigenvalue weighted by Gasteiger charge is -2.34. The van der Waals surface area contributed by atoms with Gasteiger partial charge in [-0.15, -0.1) is 11.6 Å². The van der Waals surface area contributed by atoms with Crippen molar-refractivity contribution in [3.05, 3.63) is 16.9 Å². The Kier molecular flexibility index (Phi) is 4.03. The van der Waals surface area contributed by atoms with Crippen LogP contribution in [0.15, 0.2) is 16.9 Å². The molecule has 1 fully saturated rings. The lowest BCUT2D eigenvalue weighted by molar-refractivity contribution is 0.430. The molecule has 0 bridgehead atoms. The maximum absolute atomic E-state index is 6.35. The molecule has 3 nitrogen and oxygen atoms in total. The Morgan fingerprint density at radius 3 is 2.56 bits per heavy atom. The van der Waals surface area contributed by atoms with Gasteiger partial charge in [-0.2, -0.15) is 0 Å². The van der Waals surface area contributed by atoms with Gasteiger partial charge in [0, 0.05) is 25.5 Å². The van der Waals surface area contributed by atoms with Crippen LogP contribution in [0.3, 0.4) is 0 Å². The Hall–Kier alpha value is -0.350. The van der Waals surface area contributed by atoms with Crippen LogP contribution in [0, 0.1) is 0 Å². The van der Waals surface area contributed by atoms with Gasteiger partial charge in [0.1, 0.15) is 0 Å². The average Bonchev–Trinajstić information content (AvgIpc) is 2.30. The van der Waals surface area contributed by atoms with Crippen molar-refractivity contribution < 1.29 is 0 Å². The van der Waals surface area contributed by atoms with Crippen LogP contribution in [0.1, 0.15) is 25.7 Å². The van der Waals surface area contributed by atoms with E-state index in [1.807, 2.05) is 7.05 Å². The summed E-state index contributed by atoms with van der Waals surface area (Å²) in [6.07, 6.45) is 8.24. The Morgan fingerprint density at radius 2 is 1.94 bits per heavy atom. The van der Waals surface area contributed by atoms with Crippen LogP contribution in [0.25, 0.3) is 0 Å². The molecule has 16 heavy (non-hydrogen) atoms. The van der Waals surface area contributed by atoms with E-state index >= 15 is 0 Å². The highest BCUT2D eigenvalue weighted by Gasteiger charge is 2.27. The SMILES string of the molecule is CN(c1ncc(Br)cn1)C1CCCCC1Cl. The van der Waals surface area contributed by atoms with E-state index in [4.69, 9.17) is 11.6 Å². The van der Waals surface area contributed by atoms with Crippen LogP contribution < -0.4 is 4.90 Å². The van der Waals surface area contributed by atoms with Gasteiger partial charge in [0.15, 0.2) is 0 Å². The van der Waals surface area contributed by atoms with Gasteiger partial charge < -0.3 is 4.90 Å². The second-order valence-corrected chi connectivity index (χ2v) is 5.66. The summed E-state index contributed by atoms with van der Waals surface area (Å²) < 4.78 is 0.899. The summed E-state index contributed by atoms with van der Waals surface area (Å²) in [6.45, 7) is 0. The minimum Gasteiger partial charge on any atom is -0.339 e. The summed E-state index contributed by atoms with van der Waals surface area (Å²) in [7, 11) is 2.02. The lowest BCUT2D eigenvalue weighted by atomic mass is 9.94. The molecule has 0 spiro atoms. The molecule has 0 aliphatic heterocycles. The molecule has 5 heteroatoms. The summed E-state index contributed by atoms with van der Waals surface area (Å²) in [5, 5.41) is 0.214. The summed E-state index contributed by atoms with van der Waals surface area (Å²) in [5.41, 5.74) is 0. The van der Waals surface area contributed by atoms with E-state index in [-0.39, 0.29) is 5.38 Å². The number of aromatic nitrogens is 2. The monoisotopic (exact) mass is 303 g/mol. The predicted octanol–water partition coefficient (Wildman–Crippen LogP) is 3.23. The van der Waals surface area contributed by atoms with Crippen molar-refractivity contribution in [1.82, 2.24) is 9.97 Å². The summed E-state index contributed by atoms with van der Waals surface area (Å²) in [6, 6.07) is 0.358. The van der Waals surface area contributed by atoms with Crippen molar-refractivity contribution in [3.63, 3.8) is 0 Å². The van der Waals surface area contributed by atoms with Gasteiger partial charge in [0.2, 0.25) is 5.95 Å². The highest BCUT2D eigenvalue weighted by Crippen LogP contribution is 2.28. The fraction of sp³-hybridized carbons (Fsp3) is 0.636. The minimum absolute atomic E-state index is 0.214. The van der Waals surface area contributed by atoms with Gasteiger partial charge in [-0.25, -0.2) is 9.97 Å². The van der Waals surface area contributed by atoms with E-state index in [1.165, 1.54) is 12.8 Å². The van der Waals surface area contributed by atoms with Crippen LogP contribution in [-0.4, -0.2) is 28.4 Å². The van der Waals surface area contributed by atoms with Crippen molar-refractivity contribution in [1.29, 1.82) is 0 Å². The number of alkyl halides is 1. The molecule has 0 amide bonds. The number of hydrogen-bond donors (Lipinski definition) is 0. The third kappa shape index (κ3) is 2.66. The van der Waals surface area contributed by atoms with Crippen LogP contribution in [0.4, 0.5) is 5.95 Å². The zero-order valence-corrected chi connectivity index (χ0v) is 11.6. The first-order valence-corrected chi connectivity index (χ1v) is 6.76. The van der Waals surface area contributed by atoms with Crippen molar-refractivity contribution in [3.8, 4) is 0 Å². The Bertz CT molecular complexity index is 344. The van der Waals surface area contributed by atoms with Crippen LogP contribution >= 0.6 is 27.5 Å². The van der Waals surface area contributed by atoms with Gasteiger partial charge in [-0.05, 0) is 28.8 Å². The smallest absolute Gasteiger partial charge is 0.225 e. The zero-order chi connectivity index (χ0) is 11.5. The van der Waals surface area contributed by atoms with Gasteiger partial charge in [-0.1, -0.05) is 12.8 Å². The molecule has 88 valence electrons. The van der Waals surface area contributed by atoms with E-state index in [1.54, 1.807) is 12.4 Å². The molecule has 1 aliphatic rings. The Labute approximate surface area is 109 Å². The molecule has 0 aromatic carbocycles. The second-order valence-electron chi connectivity index (χ2n) is 4.18. The van der Waals surface area contributed by atoms with Crippen molar-refractivity contribution >= 4 is 33.5 Å². The van der Waals surface area contributed by atoms with Gasteiger partial charge in [-0.3, -0.25) is 0 Å². The first kappa shape index (κ1) is 12.1. The van der Waals surface area contributed by atoms with E-state index < -0.39 is 0 Å². The zero-order valence-electron chi connectivity index (χ0n) is 9.24. The van der Waals surface area contributed by atoms with Gasteiger partial charge >= 0.3 is 0 Å². The van der Waals surface area contributed by atoms with Crippen molar-refractivity contribution in [2.45, 2.75) is 37.1 Å². The molecule has 1 heterocycles. The predicted molar refractivity (Wildman–Crippen MR) is 70.0 cm³/mol. The molecule has 1 aromatic heterocycles. The largest absolute Gasteiger partial charge is 0.339 e. The average molecular weight is 305 g/mol. The number of rotatable bonds is 2. The molecule has 2 atom stereocenters. The molecule has 1 saturated carbocycles. The Balaban J connectivity index is 2.11. The van der Waals surface area contributed by atoms with Crippen LogP contribution in [0.5, 0.6) is 0 Å².